The first-order valence-electron chi connectivity index (χ1n) is 14.2. The van der Waals surface area contributed by atoms with Gasteiger partial charge >= 0.3 is 0 Å². The highest BCUT2D eigenvalue weighted by atomic mass is 19.3. The number of carbonyl (C=O) groups excluding carboxylic acids is 1. The summed E-state index contributed by atoms with van der Waals surface area (Å²) < 4.78 is 34.4. The maximum Gasteiger partial charge on any atom is 0.264 e. The third-order valence-corrected chi connectivity index (χ3v) is 7.60. The van der Waals surface area contributed by atoms with Crippen molar-refractivity contribution in [2.75, 3.05) is 43.7 Å². The number of aldehydes is 1. The zero-order valence-corrected chi connectivity index (χ0v) is 24.1. The standard InChI is InChI=1S/C30H34F2N4O2.C2H6/c1-19(18-37)11-26-28(35(2)3)13-22(20-6-9-38-10-7-20)14-29(26)36-8-4-5-21-12-24(23-16-33-34-17-23)25(30(31)32)15-27(21)36;1-2/h11-18,20,30H,4-10H2,1-3H3,(H,33,34);1-2H3/b19-11-;. The molecule has 5 rings (SSSR count). The van der Waals surface area contributed by atoms with Gasteiger partial charge in [-0.15, -0.1) is 0 Å². The Bertz CT molecular complexity index is 1330. The maximum atomic E-state index is 14.4. The number of aryl methyl sites for hydroxylation is 1. The number of benzene rings is 2. The molecular formula is C32H40F2N4O2. The molecule has 1 saturated heterocycles. The molecule has 0 unspecified atom stereocenters. The molecule has 0 radical (unpaired) electrons. The zero-order valence-electron chi connectivity index (χ0n) is 24.1. The predicted octanol–water partition coefficient (Wildman–Crippen LogP) is 7.69. The average Bonchev–Trinajstić information content (AvgIpc) is 3.52. The lowest BCUT2D eigenvalue weighted by molar-refractivity contribution is -0.104. The first kappa shape index (κ1) is 29.5. The largest absolute Gasteiger partial charge is 0.381 e. The third-order valence-electron chi connectivity index (χ3n) is 7.60. The molecule has 0 saturated carbocycles. The molecule has 2 aliphatic rings. The summed E-state index contributed by atoms with van der Waals surface area (Å²) in [5.74, 6) is 0.357. The second-order valence-corrected chi connectivity index (χ2v) is 10.4. The minimum atomic E-state index is -2.63. The van der Waals surface area contributed by atoms with Crippen LogP contribution in [0.3, 0.4) is 0 Å². The molecule has 1 aromatic heterocycles. The maximum absolute atomic E-state index is 14.4. The Morgan fingerprint density at radius 3 is 2.52 bits per heavy atom. The van der Waals surface area contributed by atoms with Crippen molar-refractivity contribution in [3.8, 4) is 11.1 Å². The van der Waals surface area contributed by atoms with Crippen LogP contribution >= 0.6 is 0 Å². The van der Waals surface area contributed by atoms with Crippen molar-refractivity contribution in [3.63, 3.8) is 0 Å². The van der Waals surface area contributed by atoms with E-state index in [9.17, 15) is 13.6 Å². The molecule has 0 aliphatic carbocycles. The molecule has 3 aromatic rings. The summed E-state index contributed by atoms with van der Waals surface area (Å²) >= 11 is 0. The molecule has 1 N–H and O–H groups in total. The third kappa shape index (κ3) is 6.12. The highest BCUT2D eigenvalue weighted by Crippen LogP contribution is 2.45. The minimum absolute atomic E-state index is 0.00775. The van der Waals surface area contributed by atoms with Crippen molar-refractivity contribution < 1.29 is 18.3 Å². The van der Waals surface area contributed by atoms with E-state index in [4.69, 9.17) is 4.74 Å². The molecule has 0 amide bonds. The number of ether oxygens (including phenoxy) is 1. The lowest BCUT2D eigenvalue weighted by Crippen LogP contribution is -2.27. The molecule has 2 aliphatic heterocycles. The Balaban J connectivity index is 0.00000181. The summed E-state index contributed by atoms with van der Waals surface area (Å²) in [6.45, 7) is 7.94. The minimum Gasteiger partial charge on any atom is -0.381 e. The topological polar surface area (TPSA) is 61.5 Å². The summed E-state index contributed by atoms with van der Waals surface area (Å²) in [6.07, 6.45) is 6.94. The van der Waals surface area contributed by atoms with Crippen LogP contribution in [-0.4, -0.2) is 50.3 Å². The Kier molecular flexibility index (Phi) is 9.74. The molecule has 6 nitrogen and oxygen atoms in total. The van der Waals surface area contributed by atoms with Crippen LogP contribution in [0.1, 0.15) is 74.6 Å². The van der Waals surface area contributed by atoms with E-state index in [1.54, 1.807) is 25.4 Å². The number of nitrogens with zero attached hydrogens (tertiary/aromatic N) is 3. The van der Waals surface area contributed by atoms with E-state index >= 15 is 0 Å². The number of aromatic nitrogens is 2. The van der Waals surface area contributed by atoms with E-state index < -0.39 is 6.43 Å². The lowest BCUT2D eigenvalue weighted by atomic mass is 9.88. The summed E-state index contributed by atoms with van der Waals surface area (Å²) in [4.78, 5) is 15.9. The smallest absolute Gasteiger partial charge is 0.264 e. The Morgan fingerprint density at radius 2 is 1.90 bits per heavy atom. The van der Waals surface area contributed by atoms with Crippen molar-refractivity contribution in [3.05, 3.63) is 64.5 Å². The molecule has 8 heteroatoms. The van der Waals surface area contributed by atoms with Crippen molar-refractivity contribution in [1.82, 2.24) is 10.2 Å². The van der Waals surface area contributed by atoms with Gasteiger partial charge in [0.15, 0.2) is 0 Å². The monoisotopic (exact) mass is 550 g/mol. The van der Waals surface area contributed by atoms with Crippen LogP contribution in [0.4, 0.5) is 25.8 Å². The van der Waals surface area contributed by atoms with Crippen molar-refractivity contribution in [1.29, 1.82) is 0 Å². The number of alkyl halides is 2. The Labute approximate surface area is 236 Å². The van der Waals surface area contributed by atoms with Crippen molar-refractivity contribution >= 4 is 29.4 Å². The van der Waals surface area contributed by atoms with Gasteiger partial charge in [0.1, 0.15) is 6.29 Å². The number of carbonyl (C=O) groups is 1. The van der Waals surface area contributed by atoms with Crippen LogP contribution < -0.4 is 9.80 Å². The van der Waals surface area contributed by atoms with Crippen LogP contribution in [0, 0.1) is 0 Å². The van der Waals surface area contributed by atoms with Gasteiger partial charge in [0.2, 0.25) is 0 Å². The number of H-pyrrole nitrogens is 1. The SMILES string of the molecule is C/C(C=O)=C/c1c(N(C)C)cc(C2CCOCC2)cc1N1CCCc2cc(-c3cn[nH]c3)c(C(F)F)cc21.CC. The normalized spacial score (nSPS) is 15.9. The van der Waals surface area contributed by atoms with Gasteiger partial charge < -0.3 is 14.5 Å². The van der Waals surface area contributed by atoms with Crippen LogP contribution in [0.15, 0.2) is 42.2 Å². The van der Waals surface area contributed by atoms with Crippen LogP contribution in [-0.2, 0) is 16.0 Å². The van der Waals surface area contributed by atoms with E-state index in [0.717, 1.165) is 73.4 Å². The van der Waals surface area contributed by atoms with E-state index in [1.165, 1.54) is 5.56 Å². The number of nitrogens with one attached hydrogen (secondary N) is 1. The second kappa shape index (κ2) is 13.2. The van der Waals surface area contributed by atoms with Gasteiger partial charge in [0, 0.05) is 68.1 Å². The Morgan fingerprint density at radius 1 is 1.15 bits per heavy atom. The number of hydrogen-bond donors (Lipinski definition) is 1. The zero-order chi connectivity index (χ0) is 28.8. The molecule has 0 atom stereocenters. The molecule has 40 heavy (non-hydrogen) atoms. The molecule has 3 heterocycles. The molecule has 0 spiro atoms. The first-order chi connectivity index (χ1) is 19.4. The highest BCUT2D eigenvalue weighted by molar-refractivity contribution is 5.91. The van der Waals surface area contributed by atoms with Crippen LogP contribution in [0.2, 0.25) is 0 Å². The quantitative estimate of drug-likeness (QED) is 0.241. The second-order valence-electron chi connectivity index (χ2n) is 10.4. The summed E-state index contributed by atoms with van der Waals surface area (Å²) in [6, 6.07) is 7.96. The number of aromatic amines is 1. The summed E-state index contributed by atoms with van der Waals surface area (Å²) in [5.41, 5.74) is 7.66. The number of fused-ring (bicyclic) bond motifs is 1. The van der Waals surface area contributed by atoms with E-state index in [2.05, 4.69) is 32.1 Å². The molecular weight excluding hydrogens is 510 g/mol. The van der Waals surface area contributed by atoms with Crippen LogP contribution in [0.5, 0.6) is 0 Å². The number of rotatable bonds is 7. The fraction of sp³-hybridized carbons (Fsp3) is 0.438. The van der Waals surface area contributed by atoms with E-state index in [0.29, 0.717) is 29.2 Å². The van der Waals surface area contributed by atoms with Gasteiger partial charge in [-0.2, -0.15) is 5.10 Å². The number of hydrogen-bond acceptors (Lipinski definition) is 5. The lowest BCUT2D eigenvalue weighted by Gasteiger charge is -2.36. The molecule has 2 aromatic carbocycles. The van der Waals surface area contributed by atoms with Crippen molar-refractivity contribution in [2.24, 2.45) is 0 Å². The van der Waals surface area contributed by atoms with Gasteiger partial charge in [0.25, 0.3) is 6.43 Å². The van der Waals surface area contributed by atoms with Crippen LogP contribution in [0.25, 0.3) is 17.2 Å². The number of anilines is 3. The van der Waals surface area contributed by atoms with Gasteiger partial charge in [-0.3, -0.25) is 9.89 Å². The number of allylic oxidation sites excluding steroid dienone is 1. The van der Waals surface area contributed by atoms with E-state index in [1.807, 2.05) is 40.1 Å². The molecule has 1 fully saturated rings. The highest BCUT2D eigenvalue weighted by Gasteiger charge is 2.28. The first-order valence-corrected chi connectivity index (χ1v) is 14.2. The van der Waals surface area contributed by atoms with Gasteiger partial charge in [-0.05, 0) is 91.1 Å². The fourth-order valence-electron chi connectivity index (χ4n) is 5.64. The van der Waals surface area contributed by atoms with Gasteiger partial charge in [0.05, 0.1) is 11.9 Å². The summed E-state index contributed by atoms with van der Waals surface area (Å²) in [7, 11) is 3.99. The van der Waals surface area contributed by atoms with Gasteiger partial charge in [-0.25, -0.2) is 8.78 Å². The predicted molar refractivity (Wildman–Crippen MR) is 159 cm³/mol. The van der Waals surface area contributed by atoms with Crippen molar-refractivity contribution in [2.45, 2.75) is 58.8 Å². The molecule has 0 bridgehead atoms. The average molecular weight is 551 g/mol. The molecule has 214 valence electrons. The fourth-order valence-corrected chi connectivity index (χ4v) is 5.64. The number of halogens is 2. The van der Waals surface area contributed by atoms with Gasteiger partial charge in [-0.1, -0.05) is 13.8 Å². The Hall–Kier alpha value is -3.52. The van der Waals surface area contributed by atoms with E-state index in [-0.39, 0.29) is 5.56 Å². The summed E-state index contributed by atoms with van der Waals surface area (Å²) in [5, 5.41) is 6.71.